The Bertz CT molecular complexity index is 613. The fourth-order valence-electron chi connectivity index (χ4n) is 2.02. The van der Waals surface area contributed by atoms with Crippen molar-refractivity contribution in [3.8, 4) is 5.75 Å². The molecule has 6 heteroatoms. The lowest BCUT2D eigenvalue weighted by molar-refractivity contribution is 0.203. The number of hydrogen-bond donors (Lipinski definition) is 1. The first kappa shape index (κ1) is 15.0. The fraction of sp³-hybridized carbons (Fsp3) is 0.357. The van der Waals surface area contributed by atoms with Crippen LogP contribution in [0.15, 0.2) is 28.9 Å². The summed E-state index contributed by atoms with van der Waals surface area (Å²) in [6.07, 6.45) is 0.725. The van der Waals surface area contributed by atoms with Crippen LogP contribution < -0.4 is 4.74 Å². The van der Waals surface area contributed by atoms with Crippen LogP contribution in [0.25, 0.3) is 0 Å². The van der Waals surface area contributed by atoms with Gasteiger partial charge in [-0.25, -0.2) is 4.39 Å². The summed E-state index contributed by atoms with van der Waals surface area (Å²) in [5.74, 6) is -0.354. The molecule has 2 aromatic rings. The first-order valence-corrected chi connectivity index (χ1v) is 6.99. The van der Waals surface area contributed by atoms with Crippen molar-refractivity contribution in [2.75, 3.05) is 7.11 Å². The highest BCUT2D eigenvalue weighted by Gasteiger charge is 2.22. The maximum Gasteiger partial charge on any atom is 0.165 e. The summed E-state index contributed by atoms with van der Waals surface area (Å²) in [6.45, 7) is 3.95. The molecule has 4 nitrogen and oxygen atoms in total. The molecule has 0 bridgehead atoms. The molecule has 0 saturated heterocycles. The van der Waals surface area contributed by atoms with Gasteiger partial charge in [0.05, 0.1) is 23.5 Å². The Labute approximate surface area is 125 Å². The number of halogens is 2. The van der Waals surface area contributed by atoms with Gasteiger partial charge in [0.15, 0.2) is 11.6 Å². The number of hydrogen-bond acceptors (Lipinski definition) is 3. The minimum absolute atomic E-state index is 0.105. The SMILES string of the molecule is COc1cc(C(O)c2c(Br)cnn2C(C)C)ccc1F. The van der Waals surface area contributed by atoms with Crippen LogP contribution in [0.5, 0.6) is 5.75 Å². The van der Waals surface area contributed by atoms with E-state index < -0.39 is 11.9 Å². The summed E-state index contributed by atoms with van der Waals surface area (Å²) in [4.78, 5) is 0. The van der Waals surface area contributed by atoms with Gasteiger partial charge in [0.1, 0.15) is 6.10 Å². The monoisotopic (exact) mass is 342 g/mol. The number of ether oxygens (including phenoxy) is 1. The third kappa shape index (κ3) is 2.71. The second kappa shape index (κ2) is 5.93. The van der Waals surface area contributed by atoms with Gasteiger partial charge in [0.25, 0.3) is 0 Å². The highest BCUT2D eigenvalue weighted by Crippen LogP contribution is 2.32. The quantitative estimate of drug-likeness (QED) is 0.925. The zero-order valence-electron chi connectivity index (χ0n) is 11.5. The van der Waals surface area contributed by atoms with E-state index in [1.54, 1.807) is 10.9 Å². The highest BCUT2D eigenvalue weighted by atomic mass is 79.9. The highest BCUT2D eigenvalue weighted by molar-refractivity contribution is 9.10. The van der Waals surface area contributed by atoms with Gasteiger partial charge in [-0.3, -0.25) is 4.68 Å². The largest absolute Gasteiger partial charge is 0.494 e. The Morgan fingerprint density at radius 1 is 1.40 bits per heavy atom. The summed E-state index contributed by atoms with van der Waals surface area (Å²) < 4.78 is 20.8. The van der Waals surface area contributed by atoms with Gasteiger partial charge < -0.3 is 9.84 Å². The van der Waals surface area contributed by atoms with Crippen LogP contribution in [0.1, 0.15) is 37.3 Å². The zero-order chi connectivity index (χ0) is 14.9. The van der Waals surface area contributed by atoms with Crippen molar-refractivity contribution in [3.63, 3.8) is 0 Å². The zero-order valence-corrected chi connectivity index (χ0v) is 13.1. The molecule has 1 aromatic heterocycles. The Kier molecular flexibility index (Phi) is 4.45. The number of aromatic nitrogens is 2. The van der Waals surface area contributed by atoms with Crippen LogP contribution in [0, 0.1) is 5.82 Å². The summed E-state index contributed by atoms with van der Waals surface area (Å²) >= 11 is 3.38. The summed E-state index contributed by atoms with van der Waals surface area (Å²) in [5, 5.41) is 14.8. The Balaban J connectivity index is 2.46. The van der Waals surface area contributed by atoms with E-state index in [-0.39, 0.29) is 11.8 Å². The lowest BCUT2D eigenvalue weighted by Crippen LogP contribution is -2.12. The Morgan fingerprint density at radius 2 is 2.10 bits per heavy atom. The van der Waals surface area contributed by atoms with E-state index in [0.717, 1.165) is 0 Å². The molecule has 1 aromatic carbocycles. The topological polar surface area (TPSA) is 47.3 Å². The van der Waals surface area contributed by atoms with Crippen molar-refractivity contribution in [1.29, 1.82) is 0 Å². The van der Waals surface area contributed by atoms with Crippen molar-refractivity contribution in [2.45, 2.75) is 26.0 Å². The first-order valence-electron chi connectivity index (χ1n) is 6.20. The summed E-state index contributed by atoms with van der Waals surface area (Å²) in [7, 11) is 1.39. The van der Waals surface area contributed by atoms with Crippen molar-refractivity contribution < 1.29 is 14.2 Å². The second-order valence-corrected chi connectivity index (χ2v) is 5.57. The minimum Gasteiger partial charge on any atom is -0.494 e. The lowest BCUT2D eigenvalue weighted by Gasteiger charge is -2.17. The maximum atomic E-state index is 13.4. The van der Waals surface area contributed by atoms with Gasteiger partial charge in [-0.15, -0.1) is 0 Å². The van der Waals surface area contributed by atoms with E-state index in [2.05, 4.69) is 21.0 Å². The molecule has 1 atom stereocenters. The van der Waals surface area contributed by atoms with E-state index in [1.807, 2.05) is 13.8 Å². The van der Waals surface area contributed by atoms with Gasteiger partial charge in [-0.1, -0.05) is 6.07 Å². The molecule has 0 aliphatic rings. The molecule has 0 aliphatic carbocycles. The number of aliphatic hydroxyl groups is 1. The number of methoxy groups -OCH3 is 1. The van der Waals surface area contributed by atoms with Crippen LogP contribution in [-0.4, -0.2) is 22.0 Å². The third-order valence-electron chi connectivity index (χ3n) is 3.03. The van der Waals surface area contributed by atoms with Crippen LogP contribution in [-0.2, 0) is 0 Å². The summed E-state index contributed by atoms with van der Waals surface area (Å²) in [5.41, 5.74) is 1.18. The molecular weight excluding hydrogens is 327 g/mol. The summed E-state index contributed by atoms with van der Waals surface area (Å²) in [6, 6.07) is 4.41. The number of benzene rings is 1. The number of rotatable bonds is 4. The molecule has 1 N–H and O–H groups in total. The molecule has 0 amide bonds. The van der Waals surface area contributed by atoms with Gasteiger partial charge in [-0.2, -0.15) is 5.10 Å². The van der Waals surface area contributed by atoms with E-state index in [9.17, 15) is 9.50 Å². The molecule has 1 heterocycles. The van der Waals surface area contributed by atoms with Crippen molar-refractivity contribution in [1.82, 2.24) is 9.78 Å². The maximum absolute atomic E-state index is 13.4. The van der Waals surface area contributed by atoms with E-state index >= 15 is 0 Å². The van der Waals surface area contributed by atoms with Crippen molar-refractivity contribution in [2.24, 2.45) is 0 Å². The molecule has 2 rings (SSSR count). The molecule has 20 heavy (non-hydrogen) atoms. The molecule has 0 aliphatic heterocycles. The van der Waals surface area contributed by atoms with E-state index in [4.69, 9.17) is 4.74 Å². The third-order valence-corrected chi connectivity index (χ3v) is 3.64. The van der Waals surface area contributed by atoms with Gasteiger partial charge in [0, 0.05) is 6.04 Å². The molecule has 108 valence electrons. The van der Waals surface area contributed by atoms with Gasteiger partial charge >= 0.3 is 0 Å². The van der Waals surface area contributed by atoms with E-state index in [1.165, 1.54) is 25.3 Å². The van der Waals surface area contributed by atoms with Crippen LogP contribution in [0.2, 0.25) is 0 Å². The van der Waals surface area contributed by atoms with Crippen LogP contribution >= 0.6 is 15.9 Å². The number of aliphatic hydroxyl groups excluding tert-OH is 1. The lowest BCUT2D eigenvalue weighted by atomic mass is 10.1. The predicted molar refractivity (Wildman–Crippen MR) is 77.3 cm³/mol. The first-order chi connectivity index (χ1) is 9.45. The molecule has 0 spiro atoms. The molecule has 0 radical (unpaired) electrons. The predicted octanol–water partition coefficient (Wildman–Crippen LogP) is 3.46. The van der Waals surface area contributed by atoms with Crippen molar-refractivity contribution >= 4 is 15.9 Å². The average molecular weight is 343 g/mol. The van der Waals surface area contributed by atoms with Gasteiger partial charge in [0.2, 0.25) is 0 Å². The van der Waals surface area contributed by atoms with Gasteiger partial charge in [-0.05, 0) is 47.5 Å². The van der Waals surface area contributed by atoms with E-state index in [0.29, 0.717) is 15.7 Å². The normalized spacial score (nSPS) is 12.8. The molecule has 0 saturated carbocycles. The fourth-order valence-corrected chi connectivity index (χ4v) is 2.51. The Hall–Kier alpha value is -1.40. The van der Waals surface area contributed by atoms with Crippen LogP contribution in [0.3, 0.4) is 0 Å². The Morgan fingerprint density at radius 3 is 2.70 bits per heavy atom. The second-order valence-electron chi connectivity index (χ2n) is 4.71. The minimum atomic E-state index is -0.913. The molecule has 1 unspecified atom stereocenters. The molecular formula is C14H16BrFN2O2. The van der Waals surface area contributed by atoms with Crippen molar-refractivity contribution in [3.05, 3.63) is 45.9 Å². The standard InChI is InChI=1S/C14H16BrFN2O2/c1-8(2)18-13(10(15)7-17-18)14(19)9-4-5-11(16)12(6-9)20-3/h4-8,14,19H,1-3H3. The smallest absolute Gasteiger partial charge is 0.165 e. The number of nitrogens with zero attached hydrogens (tertiary/aromatic N) is 2. The average Bonchev–Trinajstić information content (AvgIpc) is 2.80. The van der Waals surface area contributed by atoms with Crippen LogP contribution in [0.4, 0.5) is 4.39 Å². The molecule has 0 fully saturated rings.